The summed E-state index contributed by atoms with van der Waals surface area (Å²) in [6, 6.07) is 0. The number of esters is 1. The van der Waals surface area contributed by atoms with Crippen molar-refractivity contribution < 1.29 is 9.53 Å². The van der Waals surface area contributed by atoms with Gasteiger partial charge in [0.25, 0.3) is 0 Å². The lowest BCUT2D eigenvalue weighted by Gasteiger charge is -2.29. The molecular formula is C10H13NO2. The standard InChI is InChI=1S/C10H13NO2/c1-7-5-10(8(2)11-6-7)3-4-13-9(10)12/h1,3-6H2,2H3. The third-order valence-corrected chi connectivity index (χ3v) is 2.94. The van der Waals surface area contributed by atoms with E-state index >= 15 is 0 Å². The van der Waals surface area contributed by atoms with Gasteiger partial charge in [-0.2, -0.15) is 0 Å². The normalized spacial score (nSPS) is 33.5. The second kappa shape index (κ2) is 2.69. The zero-order valence-corrected chi connectivity index (χ0v) is 7.80. The van der Waals surface area contributed by atoms with Gasteiger partial charge >= 0.3 is 5.97 Å². The number of hydrogen-bond donors (Lipinski definition) is 0. The van der Waals surface area contributed by atoms with Crippen molar-refractivity contribution in [1.82, 2.24) is 0 Å². The van der Waals surface area contributed by atoms with E-state index in [2.05, 4.69) is 11.6 Å². The van der Waals surface area contributed by atoms with Crippen molar-refractivity contribution >= 4 is 11.7 Å². The Labute approximate surface area is 77.5 Å². The SMILES string of the molecule is C=C1CN=C(C)C2(CCOC2=O)C1. The minimum Gasteiger partial charge on any atom is -0.465 e. The van der Waals surface area contributed by atoms with E-state index in [-0.39, 0.29) is 5.97 Å². The minimum atomic E-state index is -0.449. The smallest absolute Gasteiger partial charge is 0.318 e. The van der Waals surface area contributed by atoms with Crippen LogP contribution in [0.15, 0.2) is 17.1 Å². The molecule has 0 saturated carbocycles. The number of carbonyl (C=O) groups excluding carboxylic acids is 1. The van der Waals surface area contributed by atoms with Gasteiger partial charge in [0.1, 0.15) is 5.41 Å². The highest BCUT2D eigenvalue weighted by molar-refractivity contribution is 6.07. The summed E-state index contributed by atoms with van der Waals surface area (Å²) in [7, 11) is 0. The Hall–Kier alpha value is -1.12. The lowest BCUT2D eigenvalue weighted by atomic mass is 9.75. The summed E-state index contributed by atoms with van der Waals surface area (Å²) in [4.78, 5) is 15.9. The fraction of sp³-hybridized carbons (Fsp3) is 0.600. The van der Waals surface area contributed by atoms with Crippen molar-refractivity contribution in [2.45, 2.75) is 19.8 Å². The van der Waals surface area contributed by atoms with E-state index in [9.17, 15) is 4.79 Å². The van der Waals surface area contributed by atoms with Gasteiger partial charge in [0.15, 0.2) is 0 Å². The summed E-state index contributed by atoms with van der Waals surface area (Å²) in [5.74, 6) is -0.116. The lowest BCUT2D eigenvalue weighted by Crippen LogP contribution is -2.37. The molecule has 70 valence electrons. The first-order chi connectivity index (χ1) is 6.15. The van der Waals surface area contributed by atoms with E-state index in [0.717, 1.165) is 24.1 Å². The van der Waals surface area contributed by atoms with Crippen LogP contribution in [0.2, 0.25) is 0 Å². The first-order valence-corrected chi connectivity index (χ1v) is 4.50. The molecular weight excluding hydrogens is 166 g/mol. The van der Waals surface area contributed by atoms with Gasteiger partial charge in [-0.25, -0.2) is 0 Å². The Morgan fingerprint density at radius 1 is 1.62 bits per heavy atom. The predicted molar refractivity (Wildman–Crippen MR) is 49.7 cm³/mol. The van der Waals surface area contributed by atoms with Gasteiger partial charge in [0.05, 0.1) is 13.2 Å². The molecule has 1 saturated heterocycles. The Balaban J connectivity index is 2.39. The van der Waals surface area contributed by atoms with Gasteiger partial charge in [-0.3, -0.25) is 9.79 Å². The Morgan fingerprint density at radius 2 is 2.38 bits per heavy atom. The van der Waals surface area contributed by atoms with Crippen molar-refractivity contribution in [3.63, 3.8) is 0 Å². The van der Waals surface area contributed by atoms with Crippen molar-refractivity contribution in [3.05, 3.63) is 12.2 Å². The molecule has 2 aliphatic rings. The Kier molecular flexibility index (Phi) is 1.75. The summed E-state index contributed by atoms with van der Waals surface area (Å²) in [5.41, 5.74) is 1.50. The summed E-state index contributed by atoms with van der Waals surface area (Å²) < 4.78 is 5.00. The molecule has 3 heteroatoms. The van der Waals surface area contributed by atoms with E-state index in [4.69, 9.17) is 4.74 Å². The van der Waals surface area contributed by atoms with Crippen LogP contribution in [-0.2, 0) is 9.53 Å². The van der Waals surface area contributed by atoms with Crippen LogP contribution in [0.25, 0.3) is 0 Å². The molecule has 1 atom stereocenters. The highest BCUT2D eigenvalue weighted by Crippen LogP contribution is 2.40. The molecule has 2 rings (SSSR count). The maximum atomic E-state index is 11.6. The molecule has 0 amide bonds. The van der Waals surface area contributed by atoms with Gasteiger partial charge in [-0.1, -0.05) is 12.2 Å². The van der Waals surface area contributed by atoms with Crippen LogP contribution in [0, 0.1) is 5.41 Å². The van der Waals surface area contributed by atoms with E-state index in [1.54, 1.807) is 0 Å². The molecule has 0 aliphatic carbocycles. The monoisotopic (exact) mass is 179 g/mol. The van der Waals surface area contributed by atoms with Gasteiger partial charge in [0, 0.05) is 12.1 Å². The minimum absolute atomic E-state index is 0.116. The van der Waals surface area contributed by atoms with Crippen LogP contribution in [0.4, 0.5) is 0 Å². The van der Waals surface area contributed by atoms with E-state index in [0.29, 0.717) is 13.2 Å². The molecule has 1 unspecified atom stereocenters. The summed E-state index contributed by atoms with van der Waals surface area (Å²) in [5, 5.41) is 0. The third-order valence-electron chi connectivity index (χ3n) is 2.94. The van der Waals surface area contributed by atoms with Crippen LogP contribution in [-0.4, -0.2) is 24.8 Å². The Morgan fingerprint density at radius 3 is 3.00 bits per heavy atom. The van der Waals surface area contributed by atoms with Crippen molar-refractivity contribution in [3.8, 4) is 0 Å². The zero-order chi connectivity index (χ0) is 9.47. The highest BCUT2D eigenvalue weighted by Gasteiger charge is 2.48. The molecule has 0 aromatic carbocycles. The number of hydrogen-bond acceptors (Lipinski definition) is 3. The zero-order valence-electron chi connectivity index (χ0n) is 7.80. The van der Waals surface area contributed by atoms with Gasteiger partial charge < -0.3 is 4.74 Å². The van der Waals surface area contributed by atoms with Crippen LogP contribution in [0.1, 0.15) is 19.8 Å². The van der Waals surface area contributed by atoms with Crippen LogP contribution in [0.5, 0.6) is 0 Å². The first kappa shape index (κ1) is 8.48. The number of aliphatic imine (C=N–C) groups is 1. The average molecular weight is 179 g/mol. The van der Waals surface area contributed by atoms with E-state index in [1.165, 1.54) is 0 Å². The topological polar surface area (TPSA) is 38.7 Å². The molecule has 1 spiro atoms. The second-order valence-corrected chi connectivity index (χ2v) is 3.80. The third kappa shape index (κ3) is 1.10. The van der Waals surface area contributed by atoms with Crippen molar-refractivity contribution in [2.75, 3.05) is 13.2 Å². The summed E-state index contributed by atoms with van der Waals surface area (Å²) in [6.45, 7) is 7.00. The molecule has 0 aromatic rings. The molecule has 0 bridgehead atoms. The summed E-state index contributed by atoms with van der Waals surface area (Å²) >= 11 is 0. The van der Waals surface area contributed by atoms with Crippen LogP contribution >= 0.6 is 0 Å². The lowest BCUT2D eigenvalue weighted by molar-refractivity contribution is -0.143. The highest BCUT2D eigenvalue weighted by atomic mass is 16.5. The fourth-order valence-corrected chi connectivity index (χ4v) is 2.04. The number of carbonyl (C=O) groups is 1. The number of ether oxygens (including phenoxy) is 1. The van der Waals surface area contributed by atoms with Crippen molar-refractivity contribution in [2.24, 2.45) is 10.4 Å². The first-order valence-electron chi connectivity index (χ1n) is 4.50. The number of nitrogens with zero attached hydrogens (tertiary/aromatic N) is 1. The molecule has 0 N–H and O–H groups in total. The quantitative estimate of drug-likeness (QED) is 0.416. The van der Waals surface area contributed by atoms with Gasteiger partial charge in [-0.15, -0.1) is 0 Å². The van der Waals surface area contributed by atoms with E-state index in [1.807, 2.05) is 6.92 Å². The van der Waals surface area contributed by atoms with Crippen LogP contribution in [0.3, 0.4) is 0 Å². The number of rotatable bonds is 0. The molecule has 13 heavy (non-hydrogen) atoms. The molecule has 0 radical (unpaired) electrons. The molecule has 1 fully saturated rings. The fourth-order valence-electron chi connectivity index (χ4n) is 2.04. The average Bonchev–Trinajstić information content (AvgIpc) is 2.43. The molecule has 2 heterocycles. The van der Waals surface area contributed by atoms with Crippen molar-refractivity contribution in [1.29, 1.82) is 0 Å². The van der Waals surface area contributed by atoms with Gasteiger partial charge in [0.2, 0.25) is 0 Å². The maximum Gasteiger partial charge on any atom is 0.318 e. The molecule has 2 aliphatic heterocycles. The summed E-state index contributed by atoms with van der Waals surface area (Å²) in [6.07, 6.45) is 1.49. The molecule has 0 aromatic heterocycles. The largest absolute Gasteiger partial charge is 0.465 e. The molecule has 3 nitrogen and oxygen atoms in total. The number of cyclic esters (lactones) is 1. The van der Waals surface area contributed by atoms with Crippen LogP contribution < -0.4 is 0 Å². The maximum absolute atomic E-state index is 11.6. The van der Waals surface area contributed by atoms with E-state index < -0.39 is 5.41 Å². The predicted octanol–water partition coefficient (Wildman–Crippen LogP) is 1.34. The second-order valence-electron chi connectivity index (χ2n) is 3.80. The van der Waals surface area contributed by atoms with Gasteiger partial charge in [-0.05, 0) is 13.3 Å². The Bertz CT molecular complexity index is 306.